The number of carbonyl (C=O) groups excluding carboxylic acids is 2. The number of nitrogens with one attached hydrogen (secondary N) is 2. The van der Waals surface area contributed by atoms with Crippen molar-refractivity contribution in [2.75, 3.05) is 16.4 Å². The number of amides is 2. The summed E-state index contributed by atoms with van der Waals surface area (Å²) in [5, 5.41) is 14.8. The average Bonchev–Trinajstić information content (AvgIpc) is 3.16. The van der Waals surface area contributed by atoms with Crippen LogP contribution >= 0.6 is 11.8 Å². The standard InChI is InChI=1S/C26H31N5O2S/c1-6-13-31-23(15-24(32)28-22-12-7-18(4)14-19(22)5)29-30-26(31)34-16-25(33)27-21-10-8-20(9-11-21)17(2)3/h6-12,14,17H,1,13,15-16H2,2-5H3,(H,27,33)(H,28,32). The molecule has 0 atom stereocenters. The first kappa shape index (κ1) is 25.2. The highest BCUT2D eigenvalue weighted by molar-refractivity contribution is 7.99. The van der Waals surface area contributed by atoms with Gasteiger partial charge in [-0.05, 0) is 49.1 Å². The number of aromatic nitrogens is 3. The molecule has 34 heavy (non-hydrogen) atoms. The predicted molar refractivity (Wildman–Crippen MR) is 138 cm³/mol. The molecule has 1 aromatic heterocycles. The van der Waals surface area contributed by atoms with Gasteiger partial charge in [0.1, 0.15) is 5.82 Å². The number of carbonyl (C=O) groups is 2. The third-order valence-corrected chi connectivity index (χ3v) is 6.24. The maximum Gasteiger partial charge on any atom is 0.234 e. The summed E-state index contributed by atoms with van der Waals surface area (Å²) in [7, 11) is 0. The molecule has 3 rings (SSSR count). The Morgan fingerprint density at radius 3 is 2.44 bits per heavy atom. The summed E-state index contributed by atoms with van der Waals surface area (Å²) in [6, 6.07) is 13.7. The topological polar surface area (TPSA) is 88.9 Å². The summed E-state index contributed by atoms with van der Waals surface area (Å²) < 4.78 is 1.81. The zero-order chi connectivity index (χ0) is 24.7. The number of hydrogen-bond acceptors (Lipinski definition) is 5. The van der Waals surface area contributed by atoms with Crippen LogP contribution in [0.15, 0.2) is 60.3 Å². The van der Waals surface area contributed by atoms with E-state index < -0.39 is 0 Å². The van der Waals surface area contributed by atoms with Gasteiger partial charge in [0.05, 0.1) is 12.2 Å². The molecular formula is C26H31N5O2S. The maximum absolute atomic E-state index is 12.6. The summed E-state index contributed by atoms with van der Waals surface area (Å²) in [5.41, 5.74) is 4.89. The van der Waals surface area contributed by atoms with Gasteiger partial charge in [-0.1, -0.05) is 61.5 Å². The minimum Gasteiger partial charge on any atom is -0.325 e. The molecule has 0 aliphatic carbocycles. The zero-order valence-corrected chi connectivity index (χ0v) is 20.9. The number of nitrogens with zero attached hydrogens (tertiary/aromatic N) is 3. The Morgan fingerprint density at radius 2 is 1.79 bits per heavy atom. The van der Waals surface area contributed by atoms with E-state index in [1.54, 1.807) is 6.08 Å². The molecule has 178 valence electrons. The van der Waals surface area contributed by atoms with Crippen LogP contribution in [-0.2, 0) is 22.6 Å². The molecule has 2 amide bonds. The van der Waals surface area contributed by atoms with Gasteiger partial charge >= 0.3 is 0 Å². The van der Waals surface area contributed by atoms with Crippen LogP contribution in [0.2, 0.25) is 0 Å². The van der Waals surface area contributed by atoms with Crippen LogP contribution in [0, 0.1) is 13.8 Å². The highest BCUT2D eigenvalue weighted by Crippen LogP contribution is 2.21. The zero-order valence-electron chi connectivity index (χ0n) is 20.1. The SMILES string of the molecule is C=CCn1c(CC(=O)Nc2ccc(C)cc2C)nnc1SCC(=O)Nc1ccc(C(C)C)cc1. The minimum absolute atomic E-state index is 0.0725. The van der Waals surface area contributed by atoms with Crippen molar-refractivity contribution in [1.29, 1.82) is 0 Å². The molecule has 0 saturated carbocycles. The van der Waals surface area contributed by atoms with Crippen molar-refractivity contribution in [3.63, 3.8) is 0 Å². The molecule has 3 aromatic rings. The average molecular weight is 478 g/mol. The van der Waals surface area contributed by atoms with Crippen molar-refractivity contribution in [3.8, 4) is 0 Å². The van der Waals surface area contributed by atoms with E-state index in [9.17, 15) is 9.59 Å². The van der Waals surface area contributed by atoms with Crippen LogP contribution in [0.4, 0.5) is 11.4 Å². The predicted octanol–water partition coefficient (Wildman–Crippen LogP) is 5.12. The summed E-state index contributed by atoms with van der Waals surface area (Å²) >= 11 is 1.28. The molecule has 2 N–H and O–H groups in total. The molecule has 0 aliphatic heterocycles. The first-order valence-electron chi connectivity index (χ1n) is 11.2. The molecule has 2 aromatic carbocycles. The van der Waals surface area contributed by atoms with E-state index in [2.05, 4.69) is 41.3 Å². The Morgan fingerprint density at radius 1 is 1.06 bits per heavy atom. The number of allylic oxidation sites excluding steroid dienone is 1. The lowest BCUT2D eigenvalue weighted by Crippen LogP contribution is -2.18. The van der Waals surface area contributed by atoms with Gasteiger partial charge in [-0.15, -0.1) is 16.8 Å². The van der Waals surface area contributed by atoms with E-state index >= 15 is 0 Å². The van der Waals surface area contributed by atoms with E-state index in [-0.39, 0.29) is 24.0 Å². The molecule has 0 radical (unpaired) electrons. The van der Waals surface area contributed by atoms with Gasteiger partial charge in [0.15, 0.2) is 5.16 Å². The molecule has 0 bridgehead atoms. The lowest BCUT2D eigenvalue weighted by atomic mass is 10.0. The summed E-state index contributed by atoms with van der Waals surface area (Å²) in [6.07, 6.45) is 1.79. The number of benzene rings is 2. The second-order valence-electron chi connectivity index (χ2n) is 8.45. The van der Waals surface area contributed by atoms with Crippen LogP contribution in [0.5, 0.6) is 0 Å². The first-order valence-corrected chi connectivity index (χ1v) is 12.2. The van der Waals surface area contributed by atoms with Crippen LogP contribution in [0.1, 0.15) is 42.3 Å². The van der Waals surface area contributed by atoms with Crippen molar-refractivity contribution in [2.45, 2.75) is 51.7 Å². The molecule has 0 unspecified atom stereocenters. The van der Waals surface area contributed by atoms with Crippen LogP contribution in [0.25, 0.3) is 0 Å². The summed E-state index contributed by atoms with van der Waals surface area (Å²) in [6.45, 7) is 12.5. The fourth-order valence-corrected chi connectivity index (χ4v) is 4.21. The Hall–Kier alpha value is -3.39. The maximum atomic E-state index is 12.6. The van der Waals surface area contributed by atoms with E-state index in [1.165, 1.54) is 17.3 Å². The Bertz CT molecular complexity index is 1170. The molecular weight excluding hydrogens is 446 g/mol. The summed E-state index contributed by atoms with van der Waals surface area (Å²) in [5.74, 6) is 0.826. The van der Waals surface area contributed by atoms with Crippen molar-refractivity contribution < 1.29 is 9.59 Å². The third kappa shape index (κ3) is 6.81. The molecule has 1 heterocycles. The first-order chi connectivity index (χ1) is 16.3. The number of hydrogen-bond donors (Lipinski definition) is 2. The largest absolute Gasteiger partial charge is 0.325 e. The van der Waals surface area contributed by atoms with E-state index in [0.717, 1.165) is 22.5 Å². The van der Waals surface area contributed by atoms with Crippen LogP contribution < -0.4 is 10.6 Å². The third-order valence-electron chi connectivity index (χ3n) is 5.27. The van der Waals surface area contributed by atoms with E-state index in [1.807, 2.05) is 60.9 Å². The number of rotatable bonds is 10. The van der Waals surface area contributed by atoms with Crippen molar-refractivity contribution >= 4 is 35.0 Å². The molecule has 0 saturated heterocycles. The fraction of sp³-hybridized carbons (Fsp3) is 0.308. The van der Waals surface area contributed by atoms with Gasteiger partial charge in [0.25, 0.3) is 0 Å². The second-order valence-corrected chi connectivity index (χ2v) is 9.40. The molecule has 8 heteroatoms. The van der Waals surface area contributed by atoms with E-state index in [0.29, 0.717) is 23.4 Å². The quantitative estimate of drug-likeness (QED) is 0.313. The number of aryl methyl sites for hydroxylation is 2. The summed E-state index contributed by atoms with van der Waals surface area (Å²) in [4.78, 5) is 25.1. The van der Waals surface area contributed by atoms with Gasteiger partial charge in [0, 0.05) is 17.9 Å². The van der Waals surface area contributed by atoms with Gasteiger partial charge < -0.3 is 15.2 Å². The van der Waals surface area contributed by atoms with Gasteiger partial charge in [-0.2, -0.15) is 0 Å². The monoisotopic (exact) mass is 477 g/mol. The highest BCUT2D eigenvalue weighted by atomic mass is 32.2. The molecule has 0 fully saturated rings. The van der Waals surface area contributed by atoms with Crippen molar-refractivity contribution in [2.24, 2.45) is 0 Å². The normalized spacial score (nSPS) is 10.9. The van der Waals surface area contributed by atoms with Gasteiger partial charge in [-0.25, -0.2) is 0 Å². The van der Waals surface area contributed by atoms with Crippen LogP contribution in [-0.4, -0.2) is 32.3 Å². The molecule has 0 spiro atoms. The Labute approximate surface area is 205 Å². The molecule has 7 nitrogen and oxygen atoms in total. The minimum atomic E-state index is -0.177. The Balaban J connectivity index is 1.60. The van der Waals surface area contributed by atoms with E-state index in [4.69, 9.17) is 0 Å². The lowest BCUT2D eigenvalue weighted by Gasteiger charge is -2.11. The number of thioether (sulfide) groups is 1. The van der Waals surface area contributed by atoms with Crippen molar-refractivity contribution in [3.05, 3.63) is 77.6 Å². The second kappa shape index (κ2) is 11.7. The van der Waals surface area contributed by atoms with Gasteiger partial charge in [-0.3, -0.25) is 9.59 Å². The molecule has 0 aliphatic rings. The van der Waals surface area contributed by atoms with Gasteiger partial charge in [0.2, 0.25) is 11.8 Å². The lowest BCUT2D eigenvalue weighted by molar-refractivity contribution is -0.116. The fourth-order valence-electron chi connectivity index (χ4n) is 3.44. The van der Waals surface area contributed by atoms with Crippen LogP contribution in [0.3, 0.4) is 0 Å². The van der Waals surface area contributed by atoms with Crippen molar-refractivity contribution in [1.82, 2.24) is 14.8 Å². The number of anilines is 2. The Kier molecular flexibility index (Phi) is 8.65. The highest BCUT2D eigenvalue weighted by Gasteiger charge is 2.17. The smallest absolute Gasteiger partial charge is 0.234 e.